The molecule has 5 heteroatoms. The summed E-state index contributed by atoms with van der Waals surface area (Å²) < 4.78 is 4.69. The van der Waals surface area contributed by atoms with Gasteiger partial charge >= 0.3 is 5.97 Å². The van der Waals surface area contributed by atoms with E-state index in [9.17, 15) is 4.79 Å². The van der Waals surface area contributed by atoms with Gasteiger partial charge in [0.05, 0.1) is 13.7 Å². The van der Waals surface area contributed by atoms with Crippen molar-refractivity contribution in [1.29, 1.82) is 0 Å². The van der Waals surface area contributed by atoms with Crippen LogP contribution in [0.25, 0.3) is 0 Å². The SMILES string of the molecule is COC(=O)CN1CCN(c2cc(Cl)ccc2C)CC1. The zero-order valence-electron chi connectivity index (χ0n) is 11.4. The summed E-state index contributed by atoms with van der Waals surface area (Å²) in [6, 6.07) is 5.96. The van der Waals surface area contributed by atoms with Gasteiger partial charge in [0.15, 0.2) is 0 Å². The molecule has 1 heterocycles. The number of halogens is 1. The number of anilines is 1. The van der Waals surface area contributed by atoms with Gasteiger partial charge in [-0.1, -0.05) is 17.7 Å². The number of ether oxygens (including phenoxy) is 1. The molecule has 1 saturated heterocycles. The van der Waals surface area contributed by atoms with Crippen molar-refractivity contribution in [1.82, 2.24) is 4.90 Å². The smallest absolute Gasteiger partial charge is 0.319 e. The highest BCUT2D eigenvalue weighted by Crippen LogP contribution is 2.25. The number of benzene rings is 1. The summed E-state index contributed by atoms with van der Waals surface area (Å²) in [6.07, 6.45) is 0. The van der Waals surface area contributed by atoms with Gasteiger partial charge in [0, 0.05) is 36.9 Å². The third-order valence-corrected chi connectivity index (χ3v) is 3.70. The Hall–Kier alpha value is -1.26. The number of methoxy groups -OCH3 is 1. The lowest BCUT2D eigenvalue weighted by Crippen LogP contribution is -2.48. The first-order chi connectivity index (χ1) is 9.10. The first kappa shape index (κ1) is 14.2. The number of hydrogen-bond donors (Lipinski definition) is 0. The van der Waals surface area contributed by atoms with Crippen LogP contribution in [0.4, 0.5) is 5.69 Å². The van der Waals surface area contributed by atoms with Gasteiger partial charge in [0.2, 0.25) is 0 Å². The first-order valence-corrected chi connectivity index (χ1v) is 6.78. The number of aryl methyl sites for hydroxylation is 1. The van der Waals surface area contributed by atoms with Crippen molar-refractivity contribution in [3.8, 4) is 0 Å². The molecule has 0 unspecified atom stereocenters. The second-order valence-corrected chi connectivity index (χ2v) is 5.21. The number of carbonyl (C=O) groups excluding carboxylic acids is 1. The zero-order chi connectivity index (χ0) is 13.8. The summed E-state index contributed by atoms with van der Waals surface area (Å²) in [5.41, 5.74) is 2.41. The molecule has 1 aromatic carbocycles. The van der Waals surface area contributed by atoms with E-state index in [0.717, 1.165) is 31.2 Å². The minimum atomic E-state index is -0.174. The van der Waals surface area contributed by atoms with Crippen molar-refractivity contribution < 1.29 is 9.53 Å². The maximum Gasteiger partial charge on any atom is 0.319 e. The molecule has 2 rings (SSSR count). The highest BCUT2D eigenvalue weighted by Gasteiger charge is 2.20. The van der Waals surface area contributed by atoms with E-state index in [0.29, 0.717) is 6.54 Å². The number of carbonyl (C=O) groups is 1. The lowest BCUT2D eigenvalue weighted by atomic mass is 10.1. The minimum absolute atomic E-state index is 0.174. The van der Waals surface area contributed by atoms with E-state index in [-0.39, 0.29) is 5.97 Å². The van der Waals surface area contributed by atoms with Crippen molar-refractivity contribution in [2.24, 2.45) is 0 Å². The summed E-state index contributed by atoms with van der Waals surface area (Å²) in [7, 11) is 1.42. The second-order valence-electron chi connectivity index (χ2n) is 4.77. The standard InChI is InChI=1S/C14H19ClN2O2/c1-11-3-4-12(15)9-13(11)17-7-5-16(6-8-17)10-14(18)19-2/h3-4,9H,5-8,10H2,1-2H3. The summed E-state index contributed by atoms with van der Waals surface area (Å²) >= 11 is 6.05. The molecule has 0 radical (unpaired) electrons. The predicted octanol–water partition coefficient (Wildman–Crippen LogP) is 1.94. The highest BCUT2D eigenvalue weighted by molar-refractivity contribution is 6.30. The average molecular weight is 283 g/mol. The van der Waals surface area contributed by atoms with E-state index >= 15 is 0 Å². The molecule has 1 aliphatic heterocycles. The summed E-state index contributed by atoms with van der Waals surface area (Å²) in [5.74, 6) is -0.174. The largest absolute Gasteiger partial charge is 0.468 e. The Labute approximate surface area is 118 Å². The Morgan fingerprint density at radius 3 is 2.63 bits per heavy atom. The molecule has 4 nitrogen and oxygen atoms in total. The number of piperazine rings is 1. The number of esters is 1. The molecule has 0 atom stereocenters. The number of hydrogen-bond acceptors (Lipinski definition) is 4. The van der Waals surface area contributed by atoms with Gasteiger partial charge in [-0.3, -0.25) is 9.69 Å². The first-order valence-electron chi connectivity index (χ1n) is 6.40. The quantitative estimate of drug-likeness (QED) is 0.794. The molecule has 0 aliphatic carbocycles. The van der Waals surface area contributed by atoms with Gasteiger partial charge in [-0.15, -0.1) is 0 Å². The monoisotopic (exact) mass is 282 g/mol. The molecular formula is C14H19ClN2O2. The second kappa shape index (κ2) is 6.26. The van der Waals surface area contributed by atoms with Gasteiger partial charge < -0.3 is 9.64 Å². The van der Waals surface area contributed by atoms with Gasteiger partial charge in [-0.2, -0.15) is 0 Å². The molecule has 0 aromatic heterocycles. The predicted molar refractivity (Wildman–Crippen MR) is 76.9 cm³/mol. The fourth-order valence-corrected chi connectivity index (χ4v) is 2.48. The normalized spacial score (nSPS) is 16.5. The maximum atomic E-state index is 11.2. The molecule has 0 amide bonds. The van der Waals surface area contributed by atoms with E-state index < -0.39 is 0 Å². The van der Waals surface area contributed by atoms with E-state index in [1.165, 1.54) is 18.4 Å². The molecule has 0 N–H and O–H groups in total. The van der Waals surface area contributed by atoms with Crippen LogP contribution in [0.2, 0.25) is 5.02 Å². The van der Waals surface area contributed by atoms with E-state index in [1.54, 1.807) is 0 Å². The van der Waals surface area contributed by atoms with E-state index in [4.69, 9.17) is 11.6 Å². The molecule has 0 saturated carbocycles. The van der Waals surface area contributed by atoms with Gasteiger partial charge in [-0.05, 0) is 24.6 Å². The van der Waals surface area contributed by atoms with Crippen LogP contribution in [0, 0.1) is 6.92 Å². The van der Waals surface area contributed by atoms with Crippen molar-refractivity contribution in [2.75, 3.05) is 44.7 Å². The van der Waals surface area contributed by atoms with Crippen LogP contribution in [0.3, 0.4) is 0 Å². The van der Waals surface area contributed by atoms with Crippen LogP contribution in [-0.2, 0) is 9.53 Å². The fourth-order valence-electron chi connectivity index (χ4n) is 2.32. The molecule has 0 spiro atoms. The van der Waals surface area contributed by atoms with Crippen molar-refractivity contribution in [3.05, 3.63) is 28.8 Å². The Kier molecular flexibility index (Phi) is 4.66. The fraction of sp³-hybridized carbons (Fsp3) is 0.500. The molecule has 1 aliphatic rings. The highest BCUT2D eigenvalue weighted by atomic mass is 35.5. The number of rotatable bonds is 3. The van der Waals surface area contributed by atoms with Crippen LogP contribution in [0.15, 0.2) is 18.2 Å². The zero-order valence-corrected chi connectivity index (χ0v) is 12.1. The van der Waals surface area contributed by atoms with E-state index in [1.807, 2.05) is 18.2 Å². The summed E-state index contributed by atoms with van der Waals surface area (Å²) in [5, 5.41) is 0.762. The number of nitrogens with zero attached hydrogens (tertiary/aromatic N) is 2. The van der Waals surface area contributed by atoms with Crippen LogP contribution < -0.4 is 4.90 Å². The Balaban J connectivity index is 1.96. The molecule has 104 valence electrons. The van der Waals surface area contributed by atoms with Crippen LogP contribution in [0.5, 0.6) is 0 Å². The lowest BCUT2D eigenvalue weighted by Gasteiger charge is -2.36. The minimum Gasteiger partial charge on any atom is -0.468 e. The lowest BCUT2D eigenvalue weighted by molar-refractivity contribution is -0.142. The van der Waals surface area contributed by atoms with Crippen LogP contribution >= 0.6 is 11.6 Å². The molecule has 1 fully saturated rings. The van der Waals surface area contributed by atoms with Crippen molar-refractivity contribution in [2.45, 2.75) is 6.92 Å². The Morgan fingerprint density at radius 1 is 1.32 bits per heavy atom. The van der Waals surface area contributed by atoms with Crippen molar-refractivity contribution in [3.63, 3.8) is 0 Å². The maximum absolute atomic E-state index is 11.2. The summed E-state index contributed by atoms with van der Waals surface area (Å²) in [4.78, 5) is 15.7. The van der Waals surface area contributed by atoms with Gasteiger partial charge in [-0.25, -0.2) is 0 Å². The third kappa shape index (κ3) is 3.61. The van der Waals surface area contributed by atoms with Crippen LogP contribution in [0.1, 0.15) is 5.56 Å². The van der Waals surface area contributed by atoms with Crippen LogP contribution in [-0.4, -0.2) is 50.7 Å². The third-order valence-electron chi connectivity index (χ3n) is 3.46. The molecule has 19 heavy (non-hydrogen) atoms. The molecule has 0 bridgehead atoms. The molecular weight excluding hydrogens is 264 g/mol. The van der Waals surface area contributed by atoms with Gasteiger partial charge in [0.25, 0.3) is 0 Å². The Morgan fingerprint density at radius 2 is 2.00 bits per heavy atom. The Bertz CT molecular complexity index is 457. The average Bonchev–Trinajstić information content (AvgIpc) is 2.42. The van der Waals surface area contributed by atoms with Gasteiger partial charge in [0.1, 0.15) is 0 Å². The van der Waals surface area contributed by atoms with E-state index in [2.05, 4.69) is 21.5 Å². The van der Waals surface area contributed by atoms with Crippen molar-refractivity contribution >= 4 is 23.3 Å². The topological polar surface area (TPSA) is 32.8 Å². The summed E-state index contributed by atoms with van der Waals surface area (Å²) in [6.45, 7) is 5.99. The molecule has 1 aromatic rings.